The number of benzene rings is 1. The number of hydrogen-bond donors (Lipinski definition) is 0. The SMILES string of the molecule is CN(Cc1ccc(Cl)s1)C(=O)C1Cc2ccccc2S1. The second kappa shape index (κ2) is 5.80. The first-order valence-electron chi connectivity index (χ1n) is 6.37. The Morgan fingerprint density at radius 3 is 2.85 bits per heavy atom. The minimum absolute atomic E-state index is 0.00725. The zero-order valence-corrected chi connectivity index (χ0v) is 13.4. The molecule has 3 rings (SSSR count). The van der Waals surface area contributed by atoms with Crippen molar-refractivity contribution in [1.82, 2.24) is 4.90 Å². The molecule has 2 heterocycles. The maximum Gasteiger partial charge on any atom is 0.236 e. The molecule has 0 spiro atoms. The van der Waals surface area contributed by atoms with Crippen molar-refractivity contribution in [3.05, 3.63) is 51.2 Å². The van der Waals surface area contributed by atoms with Crippen LogP contribution in [0, 0.1) is 0 Å². The number of thiophene rings is 1. The second-order valence-electron chi connectivity index (χ2n) is 4.82. The van der Waals surface area contributed by atoms with Gasteiger partial charge in [0.1, 0.15) is 0 Å². The first-order valence-corrected chi connectivity index (χ1v) is 8.44. The van der Waals surface area contributed by atoms with Gasteiger partial charge in [-0.25, -0.2) is 0 Å². The fourth-order valence-corrected chi connectivity index (χ4v) is 4.77. The van der Waals surface area contributed by atoms with Crippen LogP contribution in [0.3, 0.4) is 0 Å². The predicted molar refractivity (Wildman–Crippen MR) is 85.6 cm³/mol. The summed E-state index contributed by atoms with van der Waals surface area (Å²) in [5.74, 6) is 0.190. The molecule has 2 aromatic rings. The van der Waals surface area contributed by atoms with E-state index >= 15 is 0 Å². The van der Waals surface area contributed by atoms with Crippen molar-refractivity contribution in [2.75, 3.05) is 7.05 Å². The summed E-state index contributed by atoms with van der Waals surface area (Å²) in [6, 6.07) is 12.1. The van der Waals surface area contributed by atoms with Gasteiger partial charge in [0.05, 0.1) is 16.1 Å². The van der Waals surface area contributed by atoms with Crippen molar-refractivity contribution < 1.29 is 4.79 Å². The number of fused-ring (bicyclic) bond motifs is 1. The van der Waals surface area contributed by atoms with E-state index in [0.717, 1.165) is 15.6 Å². The maximum atomic E-state index is 12.5. The third kappa shape index (κ3) is 2.87. The molecule has 0 bridgehead atoms. The van der Waals surface area contributed by atoms with Crippen LogP contribution in [0.4, 0.5) is 0 Å². The van der Waals surface area contributed by atoms with Gasteiger partial charge in [0.15, 0.2) is 0 Å². The number of amides is 1. The number of carbonyl (C=O) groups excluding carboxylic acids is 1. The first-order chi connectivity index (χ1) is 9.63. The zero-order chi connectivity index (χ0) is 14.1. The van der Waals surface area contributed by atoms with Gasteiger partial charge in [-0.3, -0.25) is 4.79 Å². The highest BCUT2D eigenvalue weighted by Gasteiger charge is 2.30. The lowest BCUT2D eigenvalue weighted by atomic mass is 10.1. The summed E-state index contributed by atoms with van der Waals surface area (Å²) in [6.07, 6.45) is 0.829. The molecule has 5 heteroatoms. The average Bonchev–Trinajstić information content (AvgIpc) is 3.03. The number of halogens is 1. The largest absolute Gasteiger partial charge is 0.340 e. The van der Waals surface area contributed by atoms with E-state index in [-0.39, 0.29) is 11.2 Å². The Morgan fingerprint density at radius 1 is 1.35 bits per heavy atom. The maximum absolute atomic E-state index is 12.5. The summed E-state index contributed by atoms with van der Waals surface area (Å²) < 4.78 is 0.767. The Bertz CT molecular complexity index is 615. The molecule has 0 saturated carbocycles. The van der Waals surface area contributed by atoms with Gasteiger partial charge in [-0.15, -0.1) is 23.1 Å². The van der Waals surface area contributed by atoms with E-state index in [1.807, 2.05) is 31.3 Å². The predicted octanol–water partition coefficient (Wildman–Crippen LogP) is 4.08. The number of rotatable bonds is 3. The van der Waals surface area contributed by atoms with Crippen LogP contribution in [-0.4, -0.2) is 23.1 Å². The molecule has 0 saturated heterocycles. The van der Waals surface area contributed by atoms with E-state index in [2.05, 4.69) is 12.1 Å². The van der Waals surface area contributed by atoms with Crippen LogP contribution in [0.1, 0.15) is 10.4 Å². The molecular formula is C15H14ClNOS2. The molecule has 0 radical (unpaired) electrons. The number of carbonyl (C=O) groups is 1. The van der Waals surface area contributed by atoms with E-state index in [9.17, 15) is 4.79 Å². The van der Waals surface area contributed by atoms with Crippen molar-refractivity contribution >= 4 is 40.6 Å². The Kier molecular flexibility index (Phi) is 4.06. The van der Waals surface area contributed by atoms with Crippen molar-refractivity contribution in [2.24, 2.45) is 0 Å². The summed E-state index contributed by atoms with van der Waals surface area (Å²) in [7, 11) is 1.86. The van der Waals surface area contributed by atoms with E-state index in [1.165, 1.54) is 21.8 Å². The lowest BCUT2D eigenvalue weighted by Crippen LogP contribution is -2.33. The highest BCUT2D eigenvalue weighted by molar-refractivity contribution is 8.01. The van der Waals surface area contributed by atoms with Crippen molar-refractivity contribution in [1.29, 1.82) is 0 Å². The summed E-state index contributed by atoms with van der Waals surface area (Å²) in [5.41, 5.74) is 1.28. The Labute approximate surface area is 131 Å². The minimum Gasteiger partial charge on any atom is -0.340 e. The molecule has 1 aromatic carbocycles. The van der Waals surface area contributed by atoms with Gasteiger partial charge in [-0.2, -0.15) is 0 Å². The molecule has 1 amide bonds. The highest BCUT2D eigenvalue weighted by atomic mass is 35.5. The van der Waals surface area contributed by atoms with Crippen LogP contribution in [-0.2, 0) is 17.8 Å². The normalized spacial score (nSPS) is 17.0. The van der Waals surface area contributed by atoms with E-state index < -0.39 is 0 Å². The second-order valence-corrected chi connectivity index (χ2v) is 7.86. The molecule has 1 aromatic heterocycles. The fraction of sp³-hybridized carbons (Fsp3) is 0.267. The summed E-state index contributed by atoms with van der Waals surface area (Å²) in [6.45, 7) is 0.629. The first kappa shape index (κ1) is 14.0. The Morgan fingerprint density at radius 2 is 2.15 bits per heavy atom. The molecule has 0 fully saturated rings. The Balaban J connectivity index is 1.65. The molecule has 1 atom stereocenters. The topological polar surface area (TPSA) is 20.3 Å². The quantitative estimate of drug-likeness (QED) is 0.848. The van der Waals surface area contributed by atoms with Crippen molar-refractivity contribution in [2.45, 2.75) is 23.1 Å². The van der Waals surface area contributed by atoms with Gasteiger partial charge < -0.3 is 4.90 Å². The molecular weight excluding hydrogens is 310 g/mol. The molecule has 1 unspecified atom stereocenters. The molecule has 1 aliphatic rings. The van der Waals surface area contributed by atoms with E-state index in [0.29, 0.717) is 6.54 Å². The van der Waals surface area contributed by atoms with Crippen molar-refractivity contribution in [3.63, 3.8) is 0 Å². The molecule has 2 nitrogen and oxygen atoms in total. The summed E-state index contributed by atoms with van der Waals surface area (Å²) in [5, 5.41) is 0.00725. The van der Waals surface area contributed by atoms with Gasteiger partial charge >= 0.3 is 0 Å². The van der Waals surface area contributed by atoms with Gasteiger partial charge in [0.2, 0.25) is 5.91 Å². The minimum atomic E-state index is 0.00725. The van der Waals surface area contributed by atoms with Gasteiger partial charge in [0.25, 0.3) is 0 Å². The van der Waals surface area contributed by atoms with Gasteiger partial charge in [-0.1, -0.05) is 29.8 Å². The molecule has 0 aliphatic carbocycles. The average molecular weight is 324 g/mol. The zero-order valence-electron chi connectivity index (χ0n) is 11.0. The van der Waals surface area contributed by atoms with Crippen LogP contribution >= 0.6 is 34.7 Å². The van der Waals surface area contributed by atoms with Crippen LogP contribution in [0.5, 0.6) is 0 Å². The lowest BCUT2D eigenvalue weighted by molar-refractivity contribution is -0.129. The van der Waals surface area contributed by atoms with E-state index in [1.54, 1.807) is 16.7 Å². The molecule has 104 valence electrons. The van der Waals surface area contributed by atoms with Gasteiger partial charge in [0, 0.05) is 16.8 Å². The standard InChI is InChI=1S/C15H14ClNOS2/c1-17(9-11-6-7-14(16)19-11)15(18)13-8-10-4-2-3-5-12(10)20-13/h2-7,13H,8-9H2,1H3. The number of thioether (sulfide) groups is 1. The van der Waals surface area contributed by atoms with Crippen LogP contribution in [0.25, 0.3) is 0 Å². The van der Waals surface area contributed by atoms with Crippen LogP contribution < -0.4 is 0 Å². The fourth-order valence-electron chi connectivity index (χ4n) is 2.31. The lowest BCUT2D eigenvalue weighted by Gasteiger charge is -2.19. The van der Waals surface area contributed by atoms with Crippen molar-refractivity contribution in [3.8, 4) is 0 Å². The molecule has 20 heavy (non-hydrogen) atoms. The monoisotopic (exact) mass is 323 g/mol. The summed E-state index contributed by atoms with van der Waals surface area (Å²) in [4.78, 5) is 16.7. The number of hydrogen-bond acceptors (Lipinski definition) is 3. The third-order valence-electron chi connectivity index (χ3n) is 3.32. The smallest absolute Gasteiger partial charge is 0.236 e. The molecule has 0 N–H and O–H groups in total. The van der Waals surface area contributed by atoms with Crippen LogP contribution in [0.15, 0.2) is 41.3 Å². The van der Waals surface area contributed by atoms with Crippen LogP contribution in [0.2, 0.25) is 4.34 Å². The molecule has 1 aliphatic heterocycles. The van der Waals surface area contributed by atoms with E-state index in [4.69, 9.17) is 11.6 Å². The third-order valence-corrected chi connectivity index (χ3v) is 5.84. The summed E-state index contributed by atoms with van der Waals surface area (Å²) >= 11 is 9.12. The van der Waals surface area contributed by atoms with Gasteiger partial charge in [-0.05, 0) is 30.2 Å². The Hall–Kier alpha value is -0.970. The highest BCUT2D eigenvalue weighted by Crippen LogP contribution is 2.37. The number of nitrogens with zero attached hydrogens (tertiary/aromatic N) is 1.